The number of nitrogens with one attached hydrogen (secondary N) is 1. The van der Waals surface area contributed by atoms with Crippen molar-refractivity contribution >= 4 is 12.3 Å². The van der Waals surface area contributed by atoms with Crippen LogP contribution in [0.2, 0.25) is 0 Å². The molecule has 2 aromatic carbocycles. The van der Waals surface area contributed by atoms with E-state index in [1.807, 2.05) is 6.07 Å². The summed E-state index contributed by atoms with van der Waals surface area (Å²) in [5, 5.41) is 2.26. The topological polar surface area (TPSA) is 41.4 Å². The number of ether oxygens (including phenoxy) is 4. The van der Waals surface area contributed by atoms with Crippen molar-refractivity contribution in [2.45, 2.75) is 12.5 Å². The van der Waals surface area contributed by atoms with Gasteiger partial charge in [-0.25, -0.2) is 0 Å². The van der Waals surface area contributed by atoms with Gasteiger partial charge in [-0.05, 0) is 35.1 Å². The van der Waals surface area contributed by atoms with Gasteiger partial charge in [-0.2, -0.15) is 0 Å². The fourth-order valence-electron chi connectivity index (χ4n) is 4.06. The highest BCUT2D eigenvalue weighted by Gasteiger charge is 2.32. The van der Waals surface area contributed by atoms with Crippen molar-refractivity contribution in [2.75, 3.05) is 35.0 Å². The Balaban J connectivity index is 1.89. The monoisotopic (exact) mass is 354 g/mol. The molecule has 0 bridgehead atoms. The van der Waals surface area contributed by atoms with E-state index in [-0.39, 0.29) is 6.04 Å². The molecule has 26 heavy (non-hydrogen) atoms. The van der Waals surface area contributed by atoms with Gasteiger partial charge in [0.2, 0.25) is 0 Å². The lowest BCUT2D eigenvalue weighted by molar-refractivity contribution is -0.844. The SMILES string of the molecule is COc1cc2c(cc1OC)C1C=c3ccc(OC)c(OC)c3=C[NH+]1CC2. The van der Waals surface area contributed by atoms with Crippen LogP contribution in [0, 0.1) is 0 Å². The molecule has 136 valence electrons. The number of fused-ring (bicyclic) bond motifs is 4. The molecular formula is C21H24NO4+. The first kappa shape index (κ1) is 16.8. The van der Waals surface area contributed by atoms with Crippen molar-refractivity contribution in [1.82, 2.24) is 0 Å². The maximum Gasteiger partial charge on any atom is 0.173 e. The molecule has 5 nitrogen and oxygen atoms in total. The van der Waals surface area contributed by atoms with Gasteiger partial charge in [0.25, 0.3) is 0 Å². The van der Waals surface area contributed by atoms with Crippen LogP contribution < -0.4 is 34.3 Å². The van der Waals surface area contributed by atoms with E-state index in [0.717, 1.165) is 41.2 Å². The van der Waals surface area contributed by atoms with E-state index in [1.165, 1.54) is 21.2 Å². The minimum absolute atomic E-state index is 0.254. The molecule has 0 saturated heterocycles. The molecule has 0 amide bonds. The number of methoxy groups -OCH3 is 4. The number of quaternary nitrogens is 1. The molecule has 2 heterocycles. The molecule has 2 aliphatic rings. The van der Waals surface area contributed by atoms with Gasteiger partial charge in [0, 0.05) is 12.0 Å². The van der Waals surface area contributed by atoms with Gasteiger partial charge >= 0.3 is 0 Å². The molecule has 2 aromatic rings. The molecule has 0 spiro atoms. The summed E-state index contributed by atoms with van der Waals surface area (Å²) < 4.78 is 22.1. The van der Waals surface area contributed by atoms with Crippen molar-refractivity contribution in [3.05, 3.63) is 45.8 Å². The van der Waals surface area contributed by atoms with Crippen molar-refractivity contribution < 1.29 is 23.8 Å². The maximum absolute atomic E-state index is 5.62. The lowest BCUT2D eigenvalue weighted by Gasteiger charge is -2.32. The van der Waals surface area contributed by atoms with E-state index in [9.17, 15) is 0 Å². The summed E-state index contributed by atoms with van der Waals surface area (Å²) in [6.07, 6.45) is 5.57. The zero-order chi connectivity index (χ0) is 18.3. The molecule has 0 fully saturated rings. The molecular weight excluding hydrogens is 330 g/mol. The summed E-state index contributed by atoms with van der Waals surface area (Å²) in [5.41, 5.74) is 2.62. The predicted molar refractivity (Wildman–Crippen MR) is 99.5 cm³/mol. The van der Waals surface area contributed by atoms with Crippen LogP contribution in [0.5, 0.6) is 23.0 Å². The minimum Gasteiger partial charge on any atom is -0.493 e. The van der Waals surface area contributed by atoms with E-state index < -0.39 is 0 Å². The van der Waals surface area contributed by atoms with E-state index in [1.54, 1.807) is 28.4 Å². The third-order valence-corrected chi connectivity index (χ3v) is 5.36. The summed E-state index contributed by atoms with van der Waals surface area (Å²) in [6.45, 7) is 1.02. The smallest absolute Gasteiger partial charge is 0.173 e. The molecule has 0 aliphatic carbocycles. The molecule has 0 radical (unpaired) electrons. The Morgan fingerprint density at radius 3 is 2.31 bits per heavy atom. The minimum atomic E-state index is 0.254. The van der Waals surface area contributed by atoms with Crippen LogP contribution in [0.15, 0.2) is 24.3 Å². The second kappa shape index (κ2) is 6.57. The van der Waals surface area contributed by atoms with E-state index >= 15 is 0 Å². The summed E-state index contributed by atoms with van der Waals surface area (Å²) in [7, 11) is 6.72. The first-order chi connectivity index (χ1) is 12.7. The van der Waals surface area contributed by atoms with Crippen LogP contribution in [0.25, 0.3) is 12.3 Å². The van der Waals surface area contributed by atoms with Crippen LogP contribution in [-0.2, 0) is 6.42 Å². The number of hydrogen-bond acceptors (Lipinski definition) is 4. The third-order valence-electron chi connectivity index (χ3n) is 5.36. The zero-order valence-electron chi connectivity index (χ0n) is 15.6. The van der Waals surface area contributed by atoms with E-state index in [4.69, 9.17) is 18.9 Å². The first-order valence-electron chi connectivity index (χ1n) is 8.75. The maximum atomic E-state index is 5.62. The highest BCUT2D eigenvalue weighted by atomic mass is 16.5. The average Bonchev–Trinajstić information content (AvgIpc) is 2.70. The van der Waals surface area contributed by atoms with Crippen molar-refractivity contribution in [1.29, 1.82) is 0 Å². The van der Waals surface area contributed by atoms with Crippen LogP contribution in [0.4, 0.5) is 0 Å². The third kappa shape index (κ3) is 2.51. The fourth-order valence-corrected chi connectivity index (χ4v) is 4.06. The second-order valence-corrected chi connectivity index (χ2v) is 6.57. The quantitative estimate of drug-likeness (QED) is 0.865. The van der Waals surface area contributed by atoms with Crippen molar-refractivity contribution in [2.24, 2.45) is 0 Å². The average molecular weight is 354 g/mol. The Morgan fingerprint density at radius 1 is 0.885 bits per heavy atom. The summed E-state index contributed by atoms with van der Waals surface area (Å²) >= 11 is 0. The van der Waals surface area contributed by atoms with Gasteiger partial charge in [-0.3, -0.25) is 4.90 Å². The molecule has 2 unspecified atom stereocenters. The van der Waals surface area contributed by atoms with Gasteiger partial charge < -0.3 is 18.9 Å². The van der Waals surface area contributed by atoms with Crippen molar-refractivity contribution in [3.8, 4) is 23.0 Å². The Labute approximate surface area is 153 Å². The Bertz CT molecular complexity index is 967. The second-order valence-electron chi connectivity index (χ2n) is 6.57. The normalized spacial score (nSPS) is 19.8. The van der Waals surface area contributed by atoms with E-state index in [2.05, 4.69) is 30.5 Å². The van der Waals surface area contributed by atoms with Crippen LogP contribution in [-0.4, -0.2) is 35.0 Å². The summed E-state index contributed by atoms with van der Waals surface area (Å²) in [4.78, 5) is 1.39. The highest BCUT2D eigenvalue weighted by Crippen LogP contribution is 2.34. The molecule has 2 aliphatic heterocycles. The predicted octanol–water partition coefficient (Wildman–Crippen LogP) is 0.435. The molecule has 0 aromatic heterocycles. The molecule has 2 atom stereocenters. The van der Waals surface area contributed by atoms with Crippen LogP contribution in [0.3, 0.4) is 0 Å². The van der Waals surface area contributed by atoms with Gasteiger partial charge in [0.1, 0.15) is 12.2 Å². The summed E-state index contributed by atoms with van der Waals surface area (Å²) in [5.74, 6) is 3.13. The lowest BCUT2D eigenvalue weighted by atomic mass is 9.90. The molecule has 5 heteroatoms. The van der Waals surface area contributed by atoms with Gasteiger partial charge in [0.15, 0.2) is 23.0 Å². The standard InChI is InChI=1S/C21H23NO4/c1-23-18-6-5-13-9-17-15-11-20(25-3)19(24-2)10-14(15)7-8-22(17)12-16(13)21(18)26-4/h5-6,9-12,17H,7-8H2,1-4H3/p+1. The number of benzene rings is 2. The van der Waals surface area contributed by atoms with Crippen molar-refractivity contribution in [3.63, 3.8) is 0 Å². The molecule has 1 N–H and O–H groups in total. The Morgan fingerprint density at radius 2 is 1.62 bits per heavy atom. The van der Waals surface area contributed by atoms with Gasteiger partial charge in [0.05, 0.1) is 40.2 Å². The van der Waals surface area contributed by atoms with Crippen LogP contribution in [0.1, 0.15) is 17.2 Å². The lowest BCUT2D eigenvalue weighted by Crippen LogP contribution is -3.09. The fraction of sp³-hybridized carbons (Fsp3) is 0.333. The van der Waals surface area contributed by atoms with E-state index in [0.29, 0.717) is 0 Å². The number of rotatable bonds is 4. The molecule has 4 rings (SSSR count). The van der Waals surface area contributed by atoms with Gasteiger partial charge in [-0.15, -0.1) is 0 Å². The Kier molecular flexibility index (Phi) is 4.24. The van der Waals surface area contributed by atoms with Crippen LogP contribution >= 0.6 is 0 Å². The highest BCUT2D eigenvalue weighted by molar-refractivity contribution is 5.55. The largest absolute Gasteiger partial charge is 0.493 e. The zero-order valence-corrected chi connectivity index (χ0v) is 15.6. The first-order valence-corrected chi connectivity index (χ1v) is 8.75. The number of hydrogen-bond donors (Lipinski definition) is 1. The molecule has 0 saturated carbocycles. The van der Waals surface area contributed by atoms with Gasteiger partial charge in [-0.1, -0.05) is 6.07 Å². The summed E-state index contributed by atoms with van der Waals surface area (Å²) in [6, 6.07) is 8.55. The Hall–Kier alpha value is -2.66.